The number of benzene rings is 1. The minimum Gasteiger partial charge on any atom is -0.391 e. The molecule has 7 heteroatoms. The maximum atomic E-state index is 12.4. The molecule has 1 aromatic carbocycles. The third-order valence-corrected chi connectivity index (χ3v) is 6.15. The van der Waals surface area contributed by atoms with Gasteiger partial charge in [0.1, 0.15) is 10.7 Å². The molecule has 6 nitrogen and oxygen atoms in total. The van der Waals surface area contributed by atoms with Crippen molar-refractivity contribution in [1.82, 2.24) is 9.29 Å². The van der Waals surface area contributed by atoms with E-state index in [1.165, 1.54) is 10.5 Å². The molecular formula is C18H23N3O3S. The SMILES string of the molecule is O=S(=O)(c1ccc(NCC(O)Cc2ccccc2)nc1)N1CCCC1. The standard InChI is InChI=1S/C18H23N3O3S/c22-16(12-15-6-2-1-3-7-15)13-19-18-9-8-17(14-20-18)25(23,24)21-10-4-5-11-21/h1-3,6-9,14,16,22H,4-5,10-13H2,(H,19,20). The van der Waals surface area contributed by atoms with Crippen LogP contribution in [0.15, 0.2) is 53.6 Å². The van der Waals surface area contributed by atoms with Gasteiger partial charge in [-0.15, -0.1) is 0 Å². The number of aliphatic hydroxyl groups is 1. The van der Waals surface area contributed by atoms with Crippen molar-refractivity contribution in [1.29, 1.82) is 0 Å². The van der Waals surface area contributed by atoms with E-state index in [9.17, 15) is 13.5 Å². The van der Waals surface area contributed by atoms with Gasteiger partial charge in [-0.1, -0.05) is 30.3 Å². The fraction of sp³-hybridized carbons (Fsp3) is 0.389. The van der Waals surface area contributed by atoms with Crippen molar-refractivity contribution >= 4 is 15.8 Å². The van der Waals surface area contributed by atoms with Crippen molar-refractivity contribution in [2.24, 2.45) is 0 Å². The predicted octanol–water partition coefficient (Wildman–Crippen LogP) is 1.88. The maximum absolute atomic E-state index is 12.4. The molecule has 0 aliphatic carbocycles. The van der Waals surface area contributed by atoms with E-state index in [1.54, 1.807) is 12.1 Å². The summed E-state index contributed by atoms with van der Waals surface area (Å²) in [6.07, 6.45) is 3.20. The second-order valence-electron chi connectivity index (χ2n) is 6.21. The number of aromatic nitrogens is 1. The van der Waals surface area contributed by atoms with E-state index in [-0.39, 0.29) is 4.90 Å². The molecule has 0 radical (unpaired) electrons. The third kappa shape index (κ3) is 4.56. The summed E-state index contributed by atoms with van der Waals surface area (Å²) in [5.74, 6) is 0.549. The summed E-state index contributed by atoms with van der Waals surface area (Å²) in [6.45, 7) is 1.50. The molecule has 1 aliphatic rings. The molecule has 1 aromatic heterocycles. The molecule has 1 fully saturated rings. The largest absolute Gasteiger partial charge is 0.391 e. The Kier molecular flexibility index (Phi) is 5.67. The van der Waals surface area contributed by atoms with Crippen LogP contribution in [0.3, 0.4) is 0 Å². The fourth-order valence-electron chi connectivity index (χ4n) is 2.90. The minimum absolute atomic E-state index is 0.213. The van der Waals surface area contributed by atoms with Gasteiger partial charge in [-0.3, -0.25) is 0 Å². The lowest BCUT2D eigenvalue weighted by Gasteiger charge is -2.16. The van der Waals surface area contributed by atoms with E-state index < -0.39 is 16.1 Å². The minimum atomic E-state index is -3.43. The van der Waals surface area contributed by atoms with Gasteiger partial charge in [0.15, 0.2) is 0 Å². The smallest absolute Gasteiger partial charge is 0.244 e. The lowest BCUT2D eigenvalue weighted by Crippen LogP contribution is -2.28. The lowest BCUT2D eigenvalue weighted by atomic mass is 10.1. The number of rotatable bonds is 7. The number of nitrogens with zero attached hydrogens (tertiary/aromatic N) is 2. The van der Waals surface area contributed by atoms with E-state index in [0.717, 1.165) is 18.4 Å². The maximum Gasteiger partial charge on any atom is 0.244 e. The van der Waals surface area contributed by atoms with Crippen LogP contribution in [0.5, 0.6) is 0 Å². The van der Waals surface area contributed by atoms with Crippen LogP contribution in [-0.4, -0.2) is 48.6 Å². The molecule has 1 atom stereocenters. The number of pyridine rings is 1. The molecule has 1 unspecified atom stereocenters. The Morgan fingerprint density at radius 3 is 2.48 bits per heavy atom. The van der Waals surface area contributed by atoms with Crippen LogP contribution in [0.25, 0.3) is 0 Å². The summed E-state index contributed by atoms with van der Waals surface area (Å²) in [7, 11) is -3.43. The van der Waals surface area contributed by atoms with Gasteiger partial charge in [0.25, 0.3) is 0 Å². The number of hydrogen-bond acceptors (Lipinski definition) is 5. The van der Waals surface area contributed by atoms with Crippen LogP contribution in [-0.2, 0) is 16.4 Å². The summed E-state index contributed by atoms with van der Waals surface area (Å²) in [5.41, 5.74) is 1.07. The molecule has 0 amide bonds. The van der Waals surface area contributed by atoms with E-state index >= 15 is 0 Å². The monoisotopic (exact) mass is 361 g/mol. The van der Waals surface area contributed by atoms with Gasteiger partial charge >= 0.3 is 0 Å². The number of sulfonamides is 1. The molecular weight excluding hydrogens is 338 g/mol. The van der Waals surface area contributed by atoms with Crippen LogP contribution in [0.2, 0.25) is 0 Å². The van der Waals surface area contributed by atoms with Crippen molar-refractivity contribution in [2.75, 3.05) is 25.0 Å². The highest BCUT2D eigenvalue weighted by Crippen LogP contribution is 2.20. The highest BCUT2D eigenvalue weighted by molar-refractivity contribution is 7.89. The Bertz CT molecular complexity index is 773. The second-order valence-corrected chi connectivity index (χ2v) is 8.15. The molecule has 0 saturated carbocycles. The molecule has 0 bridgehead atoms. The van der Waals surface area contributed by atoms with Gasteiger partial charge in [-0.2, -0.15) is 4.31 Å². The van der Waals surface area contributed by atoms with Gasteiger partial charge < -0.3 is 10.4 Å². The number of aliphatic hydroxyl groups excluding tert-OH is 1. The van der Waals surface area contributed by atoms with Crippen LogP contribution in [0, 0.1) is 0 Å². The highest BCUT2D eigenvalue weighted by atomic mass is 32.2. The molecule has 25 heavy (non-hydrogen) atoms. The zero-order valence-electron chi connectivity index (χ0n) is 14.0. The van der Waals surface area contributed by atoms with Crippen LogP contribution in [0.1, 0.15) is 18.4 Å². The van der Waals surface area contributed by atoms with Crippen molar-refractivity contribution in [2.45, 2.75) is 30.3 Å². The average molecular weight is 361 g/mol. The molecule has 0 spiro atoms. The van der Waals surface area contributed by atoms with Gasteiger partial charge in [-0.25, -0.2) is 13.4 Å². The van der Waals surface area contributed by atoms with Crippen LogP contribution in [0.4, 0.5) is 5.82 Å². The quantitative estimate of drug-likeness (QED) is 0.787. The topological polar surface area (TPSA) is 82.5 Å². The normalized spacial score (nSPS) is 16.7. The molecule has 134 valence electrons. The highest BCUT2D eigenvalue weighted by Gasteiger charge is 2.27. The van der Waals surface area contributed by atoms with Gasteiger partial charge in [-0.05, 0) is 30.5 Å². The van der Waals surface area contributed by atoms with Crippen LogP contribution >= 0.6 is 0 Å². The van der Waals surface area contributed by atoms with Gasteiger partial charge in [0, 0.05) is 32.3 Å². The summed E-state index contributed by atoms with van der Waals surface area (Å²) < 4.78 is 26.4. The fourth-order valence-corrected chi connectivity index (χ4v) is 4.36. The first-order valence-electron chi connectivity index (χ1n) is 8.48. The Hall–Kier alpha value is -1.96. The molecule has 2 aromatic rings. The Morgan fingerprint density at radius 1 is 1.12 bits per heavy atom. The summed E-state index contributed by atoms with van der Waals surface area (Å²) in [4.78, 5) is 4.38. The van der Waals surface area contributed by atoms with Crippen LogP contribution < -0.4 is 5.32 Å². The van der Waals surface area contributed by atoms with Crippen molar-refractivity contribution in [3.63, 3.8) is 0 Å². The molecule has 2 heterocycles. The van der Waals surface area contributed by atoms with E-state index in [4.69, 9.17) is 0 Å². The summed E-state index contributed by atoms with van der Waals surface area (Å²) >= 11 is 0. The van der Waals surface area contributed by atoms with Crippen molar-refractivity contribution in [3.8, 4) is 0 Å². The first-order chi connectivity index (χ1) is 12.1. The predicted molar refractivity (Wildman–Crippen MR) is 96.9 cm³/mol. The number of anilines is 1. The molecule has 3 rings (SSSR count). The van der Waals surface area contributed by atoms with Gasteiger partial charge in [0.05, 0.1) is 6.10 Å². The van der Waals surface area contributed by atoms with E-state index in [2.05, 4.69) is 10.3 Å². The Morgan fingerprint density at radius 2 is 1.84 bits per heavy atom. The second kappa shape index (κ2) is 7.95. The third-order valence-electron chi connectivity index (χ3n) is 4.27. The van der Waals surface area contributed by atoms with E-state index in [1.807, 2.05) is 30.3 Å². The molecule has 1 saturated heterocycles. The lowest BCUT2D eigenvalue weighted by molar-refractivity contribution is 0.188. The Labute approximate surface area is 148 Å². The molecule has 1 aliphatic heterocycles. The van der Waals surface area contributed by atoms with Crippen molar-refractivity contribution in [3.05, 3.63) is 54.2 Å². The first-order valence-corrected chi connectivity index (χ1v) is 9.92. The summed E-state index contributed by atoms with van der Waals surface area (Å²) in [6, 6.07) is 13.0. The zero-order valence-corrected chi connectivity index (χ0v) is 14.8. The van der Waals surface area contributed by atoms with Gasteiger partial charge in [0.2, 0.25) is 10.0 Å². The van der Waals surface area contributed by atoms with E-state index in [0.29, 0.717) is 31.9 Å². The molecule has 2 N–H and O–H groups in total. The zero-order chi connectivity index (χ0) is 17.7. The number of hydrogen-bond donors (Lipinski definition) is 2. The number of nitrogens with one attached hydrogen (secondary N) is 1. The average Bonchev–Trinajstić information content (AvgIpc) is 3.17. The Balaban J connectivity index is 1.55. The first kappa shape index (κ1) is 17.8. The summed E-state index contributed by atoms with van der Waals surface area (Å²) in [5, 5.41) is 13.1. The van der Waals surface area contributed by atoms with Crippen molar-refractivity contribution < 1.29 is 13.5 Å².